The van der Waals surface area contributed by atoms with Crippen LogP contribution in [0.4, 0.5) is 0 Å². The van der Waals surface area contributed by atoms with Crippen LogP contribution in [-0.2, 0) is 29.0 Å². The molecule has 0 saturated carbocycles. The van der Waals surface area contributed by atoms with Crippen molar-refractivity contribution in [2.45, 2.75) is 59.5 Å². The van der Waals surface area contributed by atoms with Gasteiger partial charge in [-0.3, -0.25) is 0 Å². The Morgan fingerprint density at radius 3 is 2.24 bits per heavy atom. The summed E-state index contributed by atoms with van der Waals surface area (Å²) in [4.78, 5) is 11.9. The van der Waals surface area contributed by atoms with Crippen molar-refractivity contribution < 1.29 is 14.6 Å². The van der Waals surface area contributed by atoms with Crippen molar-refractivity contribution in [3.63, 3.8) is 0 Å². The van der Waals surface area contributed by atoms with Gasteiger partial charge in [0.15, 0.2) is 0 Å². The average molecular weight is 457 g/mol. The van der Waals surface area contributed by atoms with E-state index >= 15 is 0 Å². The van der Waals surface area contributed by atoms with E-state index in [-0.39, 0.29) is 13.2 Å². The minimum absolute atomic E-state index is 0.0475. The van der Waals surface area contributed by atoms with Crippen LogP contribution in [0.3, 0.4) is 0 Å². The topological polar surface area (TPSA) is 46.5 Å². The predicted molar refractivity (Wildman–Crippen MR) is 141 cm³/mol. The molecule has 3 heteroatoms. The Balaban J connectivity index is 1.82. The third-order valence-corrected chi connectivity index (χ3v) is 6.19. The molecule has 0 atom stereocenters. The first kappa shape index (κ1) is 25.5. The van der Waals surface area contributed by atoms with Gasteiger partial charge in [0, 0.05) is 12.2 Å². The summed E-state index contributed by atoms with van der Waals surface area (Å²) >= 11 is 0. The number of rotatable bonds is 11. The molecule has 1 N–H and O–H groups in total. The van der Waals surface area contributed by atoms with Crippen LogP contribution >= 0.6 is 0 Å². The first-order valence-electron chi connectivity index (χ1n) is 12.2. The van der Waals surface area contributed by atoms with Crippen LogP contribution in [0, 0.1) is 6.92 Å². The Bertz CT molecular complexity index is 1130. The van der Waals surface area contributed by atoms with Crippen molar-refractivity contribution >= 4 is 5.97 Å². The molecule has 0 amide bonds. The lowest BCUT2D eigenvalue weighted by atomic mass is 9.92. The smallest absolute Gasteiger partial charge is 0.333 e. The third-order valence-electron chi connectivity index (χ3n) is 6.19. The zero-order valence-corrected chi connectivity index (χ0v) is 20.7. The van der Waals surface area contributed by atoms with E-state index in [1.807, 2.05) is 6.07 Å². The Labute approximate surface area is 204 Å². The summed E-state index contributed by atoms with van der Waals surface area (Å²) in [6.45, 7) is 9.85. The number of hydrogen-bond acceptors (Lipinski definition) is 3. The van der Waals surface area contributed by atoms with Gasteiger partial charge in [-0.25, -0.2) is 4.79 Å². The van der Waals surface area contributed by atoms with Gasteiger partial charge in [-0.05, 0) is 83.7 Å². The summed E-state index contributed by atoms with van der Waals surface area (Å²) in [6.07, 6.45) is 5.43. The van der Waals surface area contributed by atoms with Crippen LogP contribution in [0.5, 0.6) is 0 Å². The first-order valence-corrected chi connectivity index (χ1v) is 12.2. The number of aliphatic hydroxyl groups excluding tert-OH is 1. The zero-order valence-electron chi connectivity index (χ0n) is 20.7. The lowest BCUT2D eigenvalue weighted by Gasteiger charge is -2.14. The van der Waals surface area contributed by atoms with Crippen molar-refractivity contribution in [1.82, 2.24) is 0 Å². The zero-order chi connectivity index (χ0) is 24.5. The maximum Gasteiger partial charge on any atom is 0.333 e. The van der Waals surface area contributed by atoms with Gasteiger partial charge < -0.3 is 9.84 Å². The average Bonchev–Trinajstić information content (AvgIpc) is 2.84. The van der Waals surface area contributed by atoms with E-state index in [1.165, 1.54) is 41.5 Å². The number of benzene rings is 3. The van der Waals surface area contributed by atoms with Crippen LogP contribution in [0.15, 0.2) is 72.8 Å². The molecule has 3 nitrogen and oxygen atoms in total. The normalized spacial score (nSPS) is 10.8. The monoisotopic (exact) mass is 456 g/mol. The maximum atomic E-state index is 11.9. The molecule has 0 heterocycles. The Hall–Kier alpha value is -3.17. The van der Waals surface area contributed by atoms with Gasteiger partial charge in [-0.15, -0.1) is 0 Å². The molecule has 0 aliphatic rings. The van der Waals surface area contributed by atoms with E-state index < -0.39 is 5.97 Å². The molecular formula is C31H36O3. The van der Waals surface area contributed by atoms with Crippen molar-refractivity contribution in [2.75, 3.05) is 6.61 Å². The van der Waals surface area contributed by atoms with E-state index in [1.54, 1.807) is 6.92 Å². The number of unbranched alkanes of at least 4 members (excludes halogenated alkanes) is 2. The van der Waals surface area contributed by atoms with E-state index in [4.69, 9.17) is 4.74 Å². The number of hydrogen-bond donors (Lipinski definition) is 1. The third kappa shape index (κ3) is 6.68. The molecule has 0 aliphatic carbocycles. The van der Waals surface area contributed by atoms with Gasteiger partial charge in [0.1, 0.15) is 6.61 Å². The van der Waals surface area contributed by atoms with E-state index in [0.717, 1.165) is 28.7 Å². The summed E-state index contributed by atoms with van der Waals surface area (Å²) in [5, 5.41) is 9.43. The van der Waals surface area contributed by atoms with Gasteiger partial charge in [-0.2, -0.15) is 0 Å². The van der Waals surface area contributed by atoms with Crippen LogP contribution in [0.1, 0.15) is 55.4 Å². The fourth-order valence-corrected chi connectivity index (χ4v) is 4.17. The van der Waals surface area contributed by atoms with Gasteiger partial charge in [0.05, 0.1) is 0 Å². The lowest BCUT2D eigenvalue weighted by molar-refractivity contribution is -0.140. The SMILES string of the molecule is C=C(C)C(=O)OCc1cc(-c2ccc(-c3ccc(CCCCC)cc3)cc2C)ccc1CCO. The number of carbonyl (C=O) groups excluding carboxylic acids is 1. The Morgan fingerprint density at radius 1 is 0.882 bits per heavy atom. The van der Waals surface area contributed by atoms with Crippen molar-refractivity contribution in [1.29, 1.82) is 0 Å². The summed E-state index contributed by atoms with van der Waals surface area (Å²) in [7, 11) is 0. The van der Waals surface area contributed by atoms with Crippen molar-refractivity contribution in [2.24, 2.45) is 0 Å². The van der Waals surface area contributed by atoms with Crippen LogP contribution in [0.2, 0.25) is 0 Å². The van der Waals surface area contributed by atoms with Crippen LogP contribution < -0.4 is 0 Å². The molecule has 34 heavy (non-hydrogen) atoms. The fraction of sp³-hybridized carbons (Fsp3) is 0.323. The van der Waals surface area contributed by atoms with Gasteiger partial charge >= 0.3 is 5.97 Å². The highest BCUT2D eigenvalue weighted by atomic mass is 16.5. The second kappa shape index (κ2) is 12.3. The van der Waals surface area contributed by atoms with Crippen LogP contribution in [0.25, 0.3) is 22.3 Å². The van der Waals surface area contributed by atoms with Crippen molar-refractivity contribution in [3.8, 4) is 22.3 Å². The quantitative estimate of drug-likeness (QED) is 0.188. The molecular weight excluding hydrogens is 420 g/mol. The highest BCUT2D eigenvalue weighted by Gasteiger charge is 2.11. The predicted octanol–water partition coefficient (Wildman–Crippen LogP) is 7.22. The fourth-order valence-electron chi connectivity index (χ4n) is 4.17. The number of carbonyl (C=O) groups is 1. The number of aryl methyl sites for hydroxylation is 2. The number of esters is 1. The standard InChI is InChI=1S/C31H36O3/c1-5-6-7-8-24-9-11-25(12-10-24)27-15-16-30(23(4)19-27)28-14-13-26(17-18-32)29(20-28)21-34-31(33)22(2)3/h9-16,19-20,32H,2,5-8,17-18,21H2,1,3-4H3. The molecule has 178 valence electrons. The molecule has 0 aromatic heterocycles. The van der Waals surface area contributed by atoms with E-state index in [9.17, 15) is 9.90 Å². The number of ether oxygens (including phenoxy) is 1. The number of aliphatic hydroxyl groups is 1. The minimum atomic E-state index is -0.405. The second-order valence-electron chi connectivity index (χ2n) is 9.00. The molecule has 0 fully saturated rings. The lowest BCUT2D eigenvalue weighted by Crippen LogP contribution is -2.07. The molecule has 0 bridgehead atoms. The molecule has 3 aromatic carbocycles. The summed E-state index contributed by atoms with van der Waals surface area (Å²) in [6, 6.07) is 21.6. The van der Waals surface area contributed by atoms with E-state index in [0.29, 0.717) is 12.0 Å². The summed E-state index contributed by atoms with van der Waals surface area (Å²) in [5.41, 5.74) is 9.48. The summed E-state index contributed by atoms with van der Waals surface area (Å²) in [5.74, 6) is -0.405. The largest absolute Gasteiger partial charge is 0.457 e. The van der Waals surface area contributed by atoms with E-state index in [2.05, 4.69) is 75.0 Å². The Morgan fingerprint density at radius 2 is 1.59 bits per heavy atom. The molecule has 0 spiro atoms. The molecule has 0 saturated heterocycles. The Kier molecular flexibility index (Phi) is 9.24. The van der Waals surface area contributed by atoms with Gasteiger partial charge in [0.25, 0.3) is 0 Å². The van der Waals surface area contributed by atoms with Gasteiger partial charge in [-0.1, -0.05) is 80.9 Å². The maximum absolute atomic E-state index is 11.9. The molecule has 3 aromatic rings. The van der Waals surface area contributed by atoms with Gasteiger partial charge in [0.2, 0.25) is 0 Å². The minimum Gasteiger partial charge on any atom is -0.457 e. The van der Waals surface area contributed by atoms with Crippen molar-refractivity contribution in [3.05, 3.63) is 95.1 Å². The summed E-state index contributed by atoms with van der Waals surface area (Å²) < 4.78 is 5.39. The first-order chi connectivity index (χ1) is 16.4. The molecule has 0 radical (unpaired) electrons. The highest BCUT2D eigenvalue weighted by Crippen LogP contribution is 2.30. The highest BCUT2D eigenvalue weighted by molar-refractivity contribution is 5.87. The molecule has 0 unspecified atom stereocenters. The van der Waals surface area contributed by atoms with Crippen LogP contribution in [-0.4, -0.2) is 17.7 Å². The second-order valence-corrected chi connectivity index (χ2v) is 9.00. The molecule has 3 rings (SSSR count). The molecule has 0 aliphatic heterocycles.